The zero-order valence-corrected chi connectivity index (χ0v) is 7.45. The first-order chi connectivity index (χ1) is 2.00. The van der Waals surface area contributed by atoms with Crippen LogP contribution in [0.15, 0.2) is 0 Å². The molecule has 48 valence electrons. The van der Waals surface area contributed by atoms with Crippen LogP contribution in [0.5, 0.6) is 0 Å². The Labute approximate surface area is 74.1 Å². The van der Waals surface area contributed by atoms with Crippen molar-refractivity contribution < 1.29 is 54.4 Å². The summed E-state index contributed by atoms with van der Waals surface area (Å²) in [5.41, 5.74) is 0. The van der Waals surface area contributed by atoms with Crippen molar-refractivity contribution in [2.24, 2.45) is 0 Å². The van der Waals surface area contributed by atoms with Gasteiger partial charge in [-0.25, -0.2) is 0 Å². The molecule has 0 atom stereocenters. The molecule has 0 aliphatic rings. The fourth-order valence-electron chi connectivity index (χ4n) is 0. The second-order valence-electron chi connectivity index (χ2n) is 0.408. The van der Waals surface area contributed by atoms with Crippen molar-refractivity contribution in [3.8, 4) is 0 Å². The van der Waals surface area contributed by atoms with Gasteiger partial charge in [0, 0.05) is 0 Å². The summed E-state index contributed by atoms with van der Waals surface area (Å²) in [5.74, 6) is 0. The number of hydrogen-bond donors (Lipinski definition) is 0. The maximum Gasteiger partial charge on any atom is 3.00 e. The van der Waals surface area contributed by atoms with Crippen molar-refractivity contribution in [3.63, 3.8) is 0 Å². The van der Waals surface area contributed by atoms with Gasteiger partial charge in [-0.1, -0.05) is 0 Å². The Bertz CT molecular complexity index is 96.1. The summed E-state index contributed by atoms with van der Waals surface area (Å²) in [6.45, 7) is 0. The van der Waals surface area contributed by atoms with Gasteiger partial charge < -0.3 is 33.1 Å². The van der Waals surface area contributed by atoms with Crippen LogP contribution in [0.4, 0.5) is 0 Å². The second-order valence-corrected chi connectivity index (χ2v) is 2.45. The SMILES string of the molecule is O=S([O-])([O-])=S.[Cu+3].[I-]. The van der Waals surface area contributed by atoms with Gasteiger partial charge in [-0.3, -0.25) is 4.21 Å². The van der Waals surface area contributed by atoms with E-state index in [0.717, 1.165) is 0 Å². The third kappa shape index (κ3) is 97.6. The van der Waals surface area contributed by atoms with Gasteiger partial charge in [-0.2, -0.15) is 0 Å². The number of halogens is 1. The maximum absolute atomic E-state index is 8.89. The van der Waals surface area contributed by atoms with Crippen molar-refractivity contribution in [2.75, 3.05) is 0 Å². The first kappa shape index (κ1) is 15.8. The van der Waals surface area contributed by atoms with E-state index in [1.165, 1.54) is 0 Å². The van der Waals surface area contributed by atoms with E-state index >= 15 is 0 Å². The molecule has 0 N–H and O–H groups in total. The zero-order chi connectivity index (χ0) is 4.50. The fourth-order valence-corrected chi connectivity index (χ4v) is 0. The predicted octanol–water partition coefficient (Wildman–Crippen LogP) is -4.00. The molecule has 0 aliphatic heterocycles. The van der Waals surface area contributed by atoms with Gasteiger partial charge >= 0.3 is 17.1 Å². The summed E-state index contributed by atoms with van der Waals surface area (Å²) in [6.07, 6.45) is 0. The van der Waals surface area contributed by atoms with E-state index in [-0.39, 0.29) is 41.0 Å². The van der Waals surface area contributed by atoms with Gasteiger partial charge in [-0.05, 0) is 11.2 Å². The molecule has 0 amide bonds. The Morgan fingerprint density at radius 2 is 1.43 bits per heavy atom. The molecule has 7 heavy (non-hydrogen) atoms. The molecule has 0 bridgehead atoms. The quantitative estimate of drug-likeness (QED) is 0.338. The first-order valence-corrected chi connectivity index (χ1v) is 3.00. The molecule has 0 aliphatic carbocycles. The van der Waals surface area contributed by atoms with Gasteiger partial charge in [0.2, 0.25) is 0 Å². The van der Waals surface area contributed by atoms with Gasteiger partial charge in [0.15, 0.2) is 0 Å². The Hall–Kier alpha value is 1.54. The largest absolute Gasteiger partial charge is 3.00 e. The van der Waals surface area contributed by atoms with E-state index in [0.29, 0.717) is 0 Å². The van der Waals surface area contributed by atoms with Crippen LogP contribution in [0.2, 0.25) is 0 Å². The van der Waals surface area contributed by atoms with Crippen molar-refractivity contribution in [2.45, 2.75) is 0 Å². The van der Waals surface area contributed by atoms with E-state index in [2.05, 4.69) is 11.2 Å². The first-order valence-electron chi connectivity index (χ1n) is 0.667. The molecular weight excluding hydrogens is 303 g/mol. The van der Waals surface area contributed by atoms with Crippen molar-refractivity contribution in [1.29, 1.82) is 0 Å². The molecule has 0 saturated heterocycles. The van der Waals surface area contributed by atoms with Crippen LogP contribution in [0.3, 0.4) is 0 Å². The molecule has 0 aromatic carbocycles. The molecule has 0 radical (unpaired) electrons. The van der Waals surface area contributed by atoms with Crippen LogP contribution >= 0.6 is 0 Å². The zero-order valence-electron chi connectivity index (χ0n) is 2.72. The molecule has 0 aromatic rings. The van der Waals surface area contributed by atoms with Crippen LogP contribution in [0, 0.1) is 0 Å². The van der Waals surface area contributed by atoms with Crippen LogP contribution in [0.25, 0.3) is 0 Å². The summed E-state index contributed by atoms with van der Waals surface area (Å²) in [4.78, 5) is 0. The summed E-state index contributed by atoms with van der Waals surface area (Å²) in [7, 11) is -4.33. The number of rotatable bonds is 0. The van der Waals surface area contributed by atoms with E-state index in [4.69, 9.17) is 13.3 Å². The van der Waals surface area contributed by atoms with Crippen LogP contribution in [-0.2, 0) is 37.3 Å². The monoisotopic (exact) mass is 302 g/mol. The Morgan fingerprint density at radius 1 is 1.43 bits per heavy atom. The van der Waals surface area contributed by atoms with E-state index in [9.17, 15) is 0 Å². The maximum atomic E-state index is 8.89. The molecule has 0 aromatic heterocycles. The summed E-state index contributed by atoms with van der Waals surface area (Å²) < 4.78 is 26.7. The smallest absolute Gasteiger partial charge is 1.00 e. The molecule has 0 heterocycles. The minimum absolute atomic E-state index is 0. The third-order valence-corrected chi connectivity index (χ3v) is 0. The molecule has 7 heteroatoms. The summed E-state index contributed by atoms with van der Waals surface area (Å²) in [6, 6.07) is 0. The van der Waals surface area contributed by atoms with Gasteiger partial charge in [0.1, 0.15) is 0 Å². The average Bonchev–Trinajstić information content (AvgIpc) is 0.722. The van der Waals surface area contributed by atoms with E-state index in [1.54, 1.807) is 0 Å². The van der Waals surface area contributed by atoms with Crippen molar-refractivity contribution in [3.05, 3.63) is 0 Å². The number of hydrogen-bond acceptors (Lipinski definition) is 4. The van der Waals surface area contributed by atoms with Gasteiger partial charge in [0.25, 0.3) is 0 Å². The topological polar surface area (TPSA) is 63.2 Å². The third-order valence-electron chi connectivity index (χ3n) is 0. The summed E-state index contributed by atoms with van der Waals surface area (Å²) >= 11 is 3.24. The molecule has 0 fully saturated rings. The molecule has 0 spiro atoms. The minimum Gasteiger partial charge on any atom is -1.00 e. The van der Waals surface area contributed by atoms with Gasteiger partial charge in [0.05, 0.1) is 0 Å². The molecular formula is CuIO3S2. The molecule has 3 nitrogen and oxygen atoms in total. The second kappa shape index (κ2) is 5.67. The molecule has 0 rings (SSSR count). The predicted molar refractivity (Wildman–Crippen MR) is 17.1 cm³/mol. The Balaban J connectivity index is -0.0000000800. The van der Waals surface area contributed by atoms with Crippen LogP contribution < -0.4 is 24.0 Å². The Morgan fingerprint density at radius 3 is 1.43 bits per heavy atom. The standard InChI is InChI=1S/Cu.HI.H2O3S2/c;;1-5(2,3)4/h;1H;(H2,1,2,3,4)/q+3;;/p-3. The molecule has 0 saturated carbocycles. The fraction of sp³-hybridized carbons (Fsp3) is 0. The minimum atomic E-state index is -4.33. The Kier molecular flexibility index (Phi) is 12.8. The van der Waals surface area contributed by atoms with Crippen LogP contribution in [0.1, 0.15) is 0 Å². The van der Waals surface area contributed by atoms with Crippen LogP contribution in [-0.4, -0.2) is 13.3 Å². The average molecular weight is 303 g/mol. The van der Waals surface area contributed by atoms with Crippen molar-refractivity contribution >= 4 is 20.2 Å². The van der Waals surface area contributed by atoms with E-state index in [1.807, 2.05) is 0 Å². The summed E-state index contributed by atoms with van der Waals surface area (Å²) in [5, 5.41) is 0. The van der Waals surface area contributed by atoms with E-state index < -0.39 is 9.05 Å². The molecule has 0 unspecified atom stereocenters. The normalized spacial score (nSPS) is 8.29. The van der Waals surface area contributed by atoms with Crippen molar-refractivity contribution in [1.82, 2.24) is 0 Å². The van der Waals surface area contributed by atoms with Gasteiger partial charge in [-0.15, -0.1) is 9.05 Å².